The zero-order valence-corrected chi connectivity index (χ0v) is 13.1. The molecule has 0 saturated heterocycles. The highest BCUT2D eigenvalue weighted by molar-refractivity contribution is 5.74. The van der Waals surface area contributed by atoms with Crippen LogP contribution in [0.2, 0.25) is 0 Å². The van der Waals surface area contributed by atoms with Gasteiger partial charge in [0.1, 0.15) is 24.4 Å². The summed E-state index contributed by atoms with van der Waals surface area (Å²) >= 11 is 0. The van der Waals surface area contributed by atoms with Crippen LogP contribution in [0.5, 0.6) is 0 Å². The first-order valence-electron chi connectivity index (χ1n) is 7.26. The Morgan fingerprint density at radius 1 is 1.08 bits per heavy atom. The van der Waals surface area contributed by atoms with Gasteiger partial charge in [0.25, 0.3) is 0 Å². The van der Waals surface area contributed by atoms with Crippen LogP contribution in [-0.2, 0) is 14.3 Å². The van der Waals surface area contributed by atoms with E-state index in [1.54, 1.807) is 0 Å². The van der Waals surface area contributed by atoms with Crippen molar-refractivity contribution in [3.63, 3.8) is 0 Å². The highest BCUT2D eigenvalue weighted by atomic mass is 16.5. The molecule has 0 radical (unpaired) electrons. The molecule has 0 saturated carbocycles. The summed E-state index contributed by atoms with van der Waals surface area (Å²) in [5.41, 5.74) is 0. The van der Waals surface area contributed by atoms with Crippen LogP contribution in [0.4, 0.5) is 0 Å². The Hall–Kier alpha value is -1.40. The lowest BCUT2D eigenvalue weighted by Gasteiger charge is -2.28. The van der Waals surface area contributed by atoms with Gasteiger partial charge in [0.2, 0.25) is 0 Å². The summed E-state index contributed by atoms with van der Waals surface area (Å²) in [5, 5.41) is 58.6. The first-order chi connectivity index (χ1) is 11.3. The zero-order valence-electron chi connectivity index (χ0n) is 13.1. The van der Waals surface area contributed by atoms with Gasteiger partial charge in [-0.2, -0.15) is 0 Å². The lowest BCUT2D eigenvalue weighted by molar-refractivity contribution is -0.151. The summed E-state index contributed by atoms with van der Waals surface area (Å²) in [4.78, 5) is 22.0. The summed E-state index contributed by atoms with van der Waals surface area (Å²) < 4.78 is 4.78. The molecule has 0 aliphatic carbocycles. The summed E-state index contributed by atoms with van der Waals surface area (Å²) in [6, 6.07) is 0. The van der Waals surface area contributed by atoms with E-state index in [9.17, 15) is 30.0 Å². The number of hydrogen-bond donors (Lipinski definition) is 7. The third kappa shape index (κ3) is 7.93. The first kappa shape index (κ1) is 22.6. The smallest absolute Gasteiger partial charge is 0.320 e. The molecule has 10 nitrogen and oxygen atoms in total. The lowest BCUT2D eigenvalue weighted by atomic mass is 9.99. The fourth-order valence-corrected chi connectivity index (χ4v) is 1.71. The van der Waals surface area contributed by atoms with Crippen LogP contribution < -0.4 is 5.32 Å². The molecular weight excluding hydrogens is 326 g/mol. The van der Waals surface area contributed by atoms with E-state index in [1.807, 2.05) is 0 Å². The van der Waals surface area contributed by atoms with E-state index in [1.165, 1.54) is 6.08 Å². The van der Waals surface area contributed by atoms with Crippen LogP contribution in [0.1, 0.15) is 6.42 Å². The van der Waals surface area contributed by atoms with Crippen LogP contribution in [-0.4, -0.2) is 99.2 Å². The number of rotatable bonds is 13. The predicted molar refractivity (Wildman–Crippen MR) is 80.7 cm³/mol. The Kier molecular flexibility index (Phi) is 11.3. The minimum Gasteiger partial charge on any atom is -0.453 e. The number of aliphatic hydroxyl groups is 6. The minimum absolute atomic E-state index is 0.161. The van der Waals surface area contributed by atoms with Crippen LogP contribution in [0.25, 0.3) is 0 Å². The number of nitrogens with one attached hydrogen (secondary N) is 1. The van der Waals surface area contributed by atoms with E-state index in [0.717, 1.165) is 0 Å². The minimum atomic E-state index is -1.91. The van der Waals surface area contributed by atoms with Gasteiger partial charge in [-0.05, 0) is 0 Å². The van der Waals surface area contributed by atoms with E-state index in [0.29, 0.717) is 6.29 Å². The molecule has 0 rings (SSSR count). The lowest BCUT2D eigenvalue weighted by Crippen LogP contribution is -2.52. The number of esters is 1. The maximum atomic E-state index is 11.4. The molecular formula is C14H25NO9. The molecule has 0 aromatic rings. The number of hydrogen-bond acceptors (Lipinski definition) is 10. The summed E-state index contributed by atoms with van der Waals surface area (Å²) in [7, 11) is 0. The number of ether oxygens (including phenoxy) is 1. The second kappa shape index (κ2) is 12.0. The van der Waals surface area contributed by atoms with Crippen molar-refractivity contribution in [1.29, 1.82) is 0 Å². The largest absolute Gasteiger partial charge is 0.453 e. The molecule has 0 aliphatic rings. The Morgan fingerprint density at radius 3 is 2.17 bits per heavy atom. The maximum absolute atomic E-state index is 11.4. The Balaban J connectivity index is 4.23. The average molecular weight is 351 g/mol. The molecule has 0 aromatic heterocycles. The van der Waals surface area contributed by atoms with Gasteiger partial charge in [0, 0.05) is 13.0 Å². The van der Waals surface area contributed by atoms with Crippen molar-refractivity contribution in [2.24, 2.45) is 0 Å². The van der Waals surface area contributed by atoms with E-state index in [-0.39, 0.29) is 19.5 Å². The Bertz CT molecular complexity index is 392. The number of aliphatic hydroxyl groups excluding tert-OH is 6. The molecule has 0 aromatic carbocycles. The monoisotopic (exact) mass is 351 g/mol. The van der Waals surface area contributed by atoms with Gasteiger partial charge in [0.15, 0.2) is 12.4 Å². The molecule has 140 valence electrons. The van der Waals surface area contributed by atoms with Gasteiger partial charge in [-0.15, -0.1) is 6.58 Å². The summed E-state index contributed by atoms with van der Waals surface area (Å²) in [6.07, 6.45) is -7.82. The number of carbonyl (C=O) groups is 2. The standard InChI is InChI=1S/C14H25NO9/c1-2-3-8(6-16)24-11(20)5-15-4-9(18)12(21)14(23)13(22)10(19)7-17/h2,6,8-10,12-15,17-19,21-23H,1,3-5,7H2/t8?,9-,10+,12-,13-,14-/m0/s1. The van der Waals surface area contributed by atoms with E-state index in [2.05, 4.69) is 11.9 Å². The average Bonchev–Trinajstić information content (AvgIpc) is 2.58. The van der Waals surface area contributed by atoms with E-state index in [4.69, 9.17) is 14.9 Å². The summed E-state index contributed by atoms with van der Waals surface area (Å²) in [5.74, 6) is -0.771. The number of aldehydes is 1. The van der Waals surface area contributed by atoms with Gasteiger partial charge in [-0.1, -0.05) is 6.08 Å². The van der Waals surface area contributed by atoms with E-state index >= 15 is 0 Å². The molecule has 0 amide bonds. The Morgan fingerprint density at radius 2 is 1.67 bits per heavy atom. The highest BCUT2D eigenvalue weighted by Crippen LogP contribution is 2.08. The van der Waals surface area contributed by atoms with Gasteiger partial charge in [0.05, 0.1) is 19.3 Å². The SMILES string of the molecule is C=CCC(C=O)OC(=O)CNC[C@H](O)[C@H](O)[C@H](O)[C@@H](O)[C@H](O)CO. The fourth-order valence-electron chi connectivity index (χ4n) is 1.71. The molecule has 0 bridgehead atoms. The maximum Gasteiger partial charge on any atom is 0.320 e. The van der Waals surface area contributed by atoms with Crippen LogP contribution >= 0.6 is 0 Å². The molecule has 24 heavy (non-hydrogen) atoms. The summed E-state index contributed by atoms with van der Waals surface area (Å²) in [6.45, 7) is 1.85. The topological polar surface area (TPSA) is 177 Å². The van der Waals surface area contributed by atoms with Crippen LogP contribution in [0, 0.1) is 0 Å². The van der Waals surface area contributed by atoms with Gasteiger partial charge in [-0.3, -0.25) is 9.59 Å². The second-order valence-corrected chi connectivity index (χ2v) is 5.11. The van der Waals surface area contributed by atoms with Gasteiger partial charge >= 0.3 is 5.97 Å². The molecule has 1 unspecified atom stereocenters. The molecule has 6 atom stereocenters. The number of carbonyl (C=O) groups excluding carboxylic acids is 2. The van der Waals surface area contributed by atoms with Gasteiger partial charge < -0.3 is 40.7 Å². The molecule has 0 spiro atoms. The molecule has 0 heterocycles. The molecule has 0 fully saturated rings. The second-order valence-electron chi connectivity index (χ2n) is 5.11. The van der Waals surface area contributed by atoms with Crippen LogP contribution in [0.15, 0.2) is 12.7 Å². The normalized spacial score (nSPS) is 18.8. The first-order valence-corrected chi connectivity index (χ1v) is 7.26. The molecule has 10 heteroatoms. The zero-order chi connectivity index (χ0) is 18.7. The Labute approximate surface area is 139 Å². The van der Waals surface area contributed by atoms with Crippen LogP contribution in [0.3, 0.4) is 0 Å². The molecule has 7 N–H and O–H groups in total. The van der Waals surface area contributed by atoms with Crippen molar-refractivity contribution < 1.29 is 45.0 Å². The third-order valence-electron chi connectivity index (χ3n) is 3.13. The van der Waals surface area contributed by atoms with Crippen molar-refractivity contribution in [3.05, 3.63) is 12.7 Å². The van der Waals surface area contributed by atoms with Crippen molar-refractivity contribution in [2.45, 2.75) is 43.0 Å². The fraction of sp³-hybridized carbons (Fsp3) is 0.714. The van der Waals surface area contributed by atoms with Crippen molar-refractivity contribution >= 4 is 12.3 Å². The highest BCUT2D eigenvalue weighted by Gasteiger charge is 2.33. The quantitative estimate of drug-likeness (QED) is 0.0984. The van der Waals surface area contributed by atoms with Crippen molar-refractivity contribution in [3.8, 4) is 0 Å². The molecule has 0 aliphatic heterocycles. The van der Waals surface area contributed by atoms with Crippen molar-refractivity contribution in [2.75, 3.05) is 19.7 Å². The predicted octanol–water partition coefficient (Wildman–Crippen LogP) is -3.94. The van der Waals surface area contributed by atoms with E-state index < -0.39 is 49.2 Å². The third-order valence-corrected chi connectivity index (χ3v) is 3.13. The van der Waals surface area contributed by atoms with Crippen molar-refractivity contribution in [1.82, 2.24) is 5.32 Å². The van der Waals surface area contributed by atoms with Gasteiger partial charge in [-0.25, -0.2) is 0 Å².